The predicted octanol–water partition coefficient (Wildman–Crippen LogP) is 3.64. The molecule has 1 rings (SSSR count). The number of hydrogen-bond acceptors (Lipinski definition) is 2. The summed E-state index contributed by atoms with van der Waals surface area (Å²) in [7, 11) is 0. The van der Waals surface area contributed by atoms with Gasteiger partial charge >= 0.3 is 0 Å². The van der Waals surface area contributed by atoms with E-state index < -0.39 is 0 Å². The molecule has 0 saturated carbocycles. The van der Waals surface area contributed by atoms with Gasteiger partial charge in [0.2, 0.25) is 5.91 Å². The Labute approximate surface area is 126 Å². The Balaban J connectivity index is 0.00000324. The van der Waals surface area contributed by atoms with Crippen LogP contribution in [-0.2, 0) is 4.79 Å². The van der Waals surface area contributed by atoms with Crippen molar-refractivity contribution in [2.45, 2.75) is 33.7 Å². The molecule has 0 bridgehead atoms. The molecule has 0 fully saturated rings. The first kappa shape index (κ1) is 18.2. The molecule has 1 amide bonds. The number of amides is 1. The molecule has 0 aliphatic rings. The molecule has 1 atom stereocenters. The van der Waals surface area contributed by atoms with Crippen LogP contribution < -0.4 is 10.6 Å². The van der Waals surface area contributed by atoms with Crippen molar-refractivity contribution < 1.29 is 4.79 Å². The third kappa shape index (κ3) is 5.81. The molecule has 2 N–H and O–H groups in total. The summed E-state index contributed by atoms with van der Waals surface area (Å²) in [6.45, 7) is 8.79. The molecule has 0 radical (unpaired) electrons. The minimum Gasteiger partial charge on any atom is -0.324 e. The van der Waals surface area contributed by atoms with E-state index in [2.05, 4.69) is 24.5 Å². The second kappa shape index (κ2) is 8.41. The smallest absolute Gasteiger partial charge is 0.241 e. The Morgan fingerprint density at radius 2 is 1.95 bits per heavy atom. The Morgan fingerprint density at radius 3 is 2.53 bits per heavy atom. The van der Waals surface area contributed by atoms with E-state index in [1.807, 2.05) is 32.0 Å². The number of anilines is 1. The molecule has 5 heteroatoms. The third-order valence-corrected chi connectivity index (χ3v) is 3.16. The van der Waals surface area contributed by atoms with Crippen LogP contribution in [-0.4, -0.2) is 18.5 Å². The van der Waals surface area contributed by atoms with Crippen LogP contribution in [0.2, 0.25) is 5.02 Å². The molecule has 0 saturated heterocycles. The van der Waals surface area contributed by atoms with E-state index in [1.165, 1.54) is 0 Å². The summed E-state index contributed by atoms with van der Waals surface area (Å²) in [4.78, 5) is 12.0. The van der Waals surface area contributed by atoms with E-state index in [1.54, 1.807) is 0 Å². The lowest BCUT2D eigenvalue weighted by molar-refractivity contribution is -0.117. The minimum atomic E-state index is -0.217. The summed E-state index contributed by atoms with van der Waals surface area (Å²) in [5.41, 5.74) is 1.66. The molecule has 19 heavy (non-hydrogen) atoms. The first-order valence-electron chi connectivity index (χ1n) is 6.21. The van der Waals surface area contributed by atoms with Crippen molar-refractivity contribution in [1.82, 2.24) is 5.32 Å². The highest BCUT2D eigenvalue weighted by Gasteiger charge is 2.14. The van der Waals surface area contributed by atoms with E-state index in [0.29, 0.717) is 10.9 Å². The lowest BCUT2D eigenvalue weighted by Gasteiger charge is -2.16. The number of hydrogen-bond donors (Lipinski definition) is 2. The number of rotatable bonds is 5. The Bertz CT molecular complexity index is 422. The monoisotopic (exact) mass is 304 g/mol. The van der Waals surface area contributed by atoms with Gasteiger partial charge in [0.15, 0.2) is 0 Å². The molecule has 1 unspecified atom stereocenters. The van der Waals surface area contributed by atoms with Crippen LogP contribution >= 0.6 is 24.0 Å². The van der Waals surface area contributed by atoms with Gasteiger partial charge < -0.3 is 10.6 Å². The molecule has 0 aliphatic carbocycles. The summed E-state index contributed by atoms with van der Waals surface area (Å²) in [5, 5.41) is 6.74. The fourth-order valence-corrected chi connectivity index (χ4v) is 1.66. The maximum atomic E-state index is 12.0. The fraction of sp³-hybridized carbons (Fsp3) is 0.500. The quantitative estimate of drug-likeness (QED) is 0.872. The molecular formula is C14H22Cl2N2O. The second-order valence-corrected chi connectivity index (χ2v) is 5.33. The van der Waals surface area contributed by atoms with Gasteiger partial charge in [-0.2, -0.15) is 0 Å². The average molecular weight is 305 g/mol. The van der Waals surface area contributed by atoms with Crippen molar-refractivity contribution >= 4 is 35.6 Å². The average Bonchev–Trinajstić information content (AvgIpc) is 2.31. The SMILES string of the molecule is Cc1c(Cl)cccc1NC(=O)C(C)NCC(C)C.Cl. The van der Waals surface area contributed by atoms with Crippen LogP contribution in [0.1, 0.15) is 26.3 Å². The van der Waals surface area contributed by atoms with Gasteiger partial charge in [-0.25, -0.2) is 0 Å². The van der Waals surface area contributed by atoms with Gasteiger partial charge in [0, 0.05) is 10.7 Å². The molecular weight excluding hydrogens is 283 g/mol. The van der Waals surface area contributed by atoms with Crippen molar-refractivity contribution in [1.29, 1.82) is 0 Å². The van der Waals surface area contributed by atoms with Gasteiger partial charge in [-0.05, 0) is 44.0 Å². The number of carbonyl (C=O) groups is 1. The minimum absolute atomic E-state index is 0. The summed E-state index contributed by atoms with van der Waals surface area (Å²) >= 11 is 6.01. The van der Waals surface area contributed by atoms with E-state index in [-0.39, 0.29) is 24.4 Å². The number of nitrogens with one attached hydrogen (secondary N) is 2. The highest BCUT2D eigenvalue weighted by Crippen LogP contribution is 2.22. The van der Waals surface area contributed by atoms with Crippen molar-refractivity contribution in [3.05, 3.63) is 28.8 Å². The van der Waals surface area contributed by atoms with E-state index in [0.717, 1.165) is 17.8 Å². The van der Waals surface area contributed by atoms with Gasteiger partial charge in [0.1, 0.15) is 0 Å². The lowest BCUT2D eigenvalue weighted by Crippen LogP contribution is -2.39. The van der Waals surface area contributed by atoms with Gasteiger partial charge in [-0.3, -0.25) is 4.79 Å². The maximum Gasteiger partial charge on any atom is 0.241 e. The number of carbonyl (C=O) groups excluding carboxylic acids is 1. The van der Waals surface area contributed by atoms with Gasteiger partial charge in [0.05, 0.1) is 6.04 Å². The topological polar surface area (TPSA) is 41.1 Å². The van der Waals surface area contributed by atoms with E-state index in [9.17, 15) is 4.79 Å². The molecule has 0 heterocycles. The molecule has 1 aromatic rings. The molecule has 0 spiro atoms. The first-order chi connectivity index (χ1) is 8.41. The van der Waals surface area contributed by atoms with Crippen LogP contribution in [0.5, 0.6) is 0 Å². The zero-order valence-corrected chi connectivity index (χ0v) is 13.4. The maximum absolute atomic E-state index is 12.0. The van der Waals surface area contributed by atoms with Crippen LogP contribution in [0.15, 0.2) is 18.2 Å². The predicted molar refractivity (Wildman–Crippen MR) is 84.4 cm³/mol. The van der Waals surface area contributed by atoms with Gasteiger partial charge in [-0.15, -0.1) is 12.4 Å². The number of halogens is 2. The summed E-state index contributed by atoms with van der Waals surface area (Å²) < 4.78 is 0. The fourth-order valence-electron chi connectivity index (χ4n) is 1.49. The van der Waals surface area contributed by atoms with Crippen LogP contribution in [0.4, 0.5) is 5.69 Å². The third-order valence-electron chi connectivity index (χ3n) is 2.75. The summed E-state index contributed by atoms with van der Waals surface area (Å²) in [5.74, 6) is 0.481. The van der Waals surface area contributed by atoms with Crippen molar-refractivity contribution in [3.63, 3.8) is 0 Å². The Morgan fingerprint density at radius 1 is 1.32 bits per heavy atom. The number of benzene rings is 1. The second-order valence-electron chi connectivity index (χ2n) is 4.93. The molecule has 108 valence electrons. The molecule has 0 aromatic heterocycles. The molecule has 0 aliphatic heterocycles. The van der Waals surface area contributed by atoms with Crippen molar-refractivity contribution in [2.75, 3.05) is 11.9 Å². The normalized spacial score (nSPS) is 11.9. The van der Waals surface area contributed by atoms with Crippen molar-refractivity contribution in [2.24, 2.45) is 5.92 Å². The van der Waals surface area contributed by atoms with Crippen molar-refractivity contribution in [3.8, 4) is 0 Å². The Hall–Kier alpha value is -0.770. The standard InChI is InChI=1S/C14H21ClN2O.ClH/c1-9(2)8-16-11(4)14(18)17-13-7-5-6-12(15)10(13)3;/h5-7,9,11,16H,8H2,1-4H3,(H,17,18);1H. The van der Waals surface area contributed by atoms with E-state index in [4.69, 9.17) is 11.6 Å². The van der Waals surface area contributed by atoms with Crippen LogP contribution in [0.3, 0.4) is 0 Å². The van der Waals surface area contributed by atoms with Gasteiger partial charge in [-0.1, -0.05) is 31.5 Å². The Kier molecular flexibility index (Phi) is 8.07. The zero-order valence-electron chi connectivity index (χ0n) is 11.8. The van der Waals surface area contributed by atoms with E-state index >= 15 is 0 Å². The first-order valence-corrected chi connectivity index (χ1v) is 6.59. The van der Waals surface area contributed by atoms with Crippen LogP contribution in [0, 0.1) is 12.8 Å². The highest BCUT2D eigenvalue weighted by atomic mass is 35.5. The summed E-state index contributed by atoms with van der Waals surface area (Å²) in [6, 6.07) is 5.28. The molecule has 3 nitrogen and oxygen atoms in total. The summed E-state index contributed by atoms with van der Waals surface area (Å²) in [6.07, 6.45) is 0. The largest absolute Gasteiger partial charge is 0.324 e. The van der Waals surface area contributed by atoms with Gasteiger partial charge in [0.25, 0.3) is 0 Å². The zero-order chi connectivity index (χ0) is 13.7. The highest BCUT2D eigenvalue weighted by molar-refractivity contribution is 6.31. The van der Waals surface area contributed by atoms with Crippen LogP contribution in [0.25, 0.3) is 0 Å². The molecule has 1 aromatic carbocycles. The lowest BCUT2D eigenvalue weighted by atomic mass is 10.1.